The van der Waals surface area contributed by atoms with Crippen LogP contribution in [0.4, 0.5) is 13.2 Å². The maximum Gasteiger partial charge on any atom is 0.404 e. The molecular formula is C16H18F3N3O. The molecule has 1 amide bonds. The largest absolute Gasteiger partial charge is 0.404 e. The average Bonchev–Trinajstić information content (AvgIpc) is 2.94. The Morgan fingerprint density at radius 1 is 1.30 bits per heavy atom. The van der Waals surface area contributed by atoms with E-state index in [9.17, 15) is 18.0 Å². The first-order valence-electron chi connectivity index (χ1n) is 7.50. The highest BCUT2D eigenvalue weighted by molar-refractivity contribution is 6.05. The highest BCUT2D eigenvalue weighted by Crippen LogP contribution is 2.31. The lowest BCUT2D eigenvalue weighted by molar-refractivity contribution is -0.188. The molecular weight excluding hydrogens is 307 g/mol. The molecule has 4 nitrogen and oxygen atoms in total. The van der Waals surface area contributed by atoms with E-state index in [4.69, 9.17) is 0 Å². The van der Waals surface area contributed by atoms with Crippen LogP contribution in [0.2, 0.25) is 0 Å². The van der Waals surface area contributed by atoms with Gasteiger partial charge in [0, 0.05) is 24.2 Å². The molecule has 1 saturated heterocycles. The number of carbonyl (C=O) groups excluding carboxylic acids is 1. The summed E-state index contributed by atoms with van der Waals surface area (Å²) in [4.78, 5) is 16.7. The van der Waals surface area contributed by atoms with Crippen LogP contribution in [0.5, 0.6) is 0 Å². The minimum atomic E-state index is -4.22. The number of carbonyl (C=O) groups is 1. The molecule has 23 heavy (non-hydrogen) atoms. The van der Waals surface area contributed by atoms with Crippen LogP contribution in [-0.4, -0.2) is 47.6 Å². The number of fused-ring (bicyclic) bond motifs is 1. The third kappa shape index (κ3) is 3.19. The summed E-state index contributed by atoms with van der Waals surface area (Å²) in [5.41, 5.74) is 1.25. The Hall–Kier alpha value is -2.02. The quantitative estimate of drug-likeness (QED) is 0.892. The number of alkyl halides is 3. The number of rotatable bonds is 2. The summed E-state index contributed by atoms with van der Waals surface area (Å²) < 4.78 is 38.6. The molecule has 2 atom stereocenters. The van der Waals surface area contributed by atoms with E-state index in [0.29, 0.717) is 12.0 Å². The molecule has 1 aliphatic rings. The van der Waals surface area contributed by atoms with Gasteiger partial charge in [-0.25, -0.2) is 0 Å². The maximum absolute atomic E-state index is 12.9. The number of hydrogen-bond acceptors (Lipinski definition) is 2. The zero-order valence-electron chi connectivity index (χ0n) is 12.7. The van der Waals surface area contributed by atoms with Crippen LogP contribution in [0.1, 0.15) is 23.2 Å². The predicted molar refractivity (Wildman–Crippen MR) is 81.3 cm³/mol. The van der Waals surface area contributed by atoms with Crippen molar-refractivity contribution in [2.45, 2.75) is 31.1 Å². The number of benzene rings is 1. The van der Waals surface area contributed by atoms with Crippen molar-refractivity contribution in [2.75, 3.05) is 13.6 Å². The number of piperidine rings is 1. The van der Waals surface area contributed by atoms with Gasteiger partial charge in [0.2, 0.25) is 0 Å². The van der Waals surface area contributed by atoms with Gasteiger partial charge in [0.25, 0.3) is 5.91 Å². The number of aromatic nitrogens is 1. The Bertz CT molecular complexity index is 710. The van der Waals surface area contributed by atoms with Crippen LogP contribution in [0.3, 0.4) is 0 Å². The minimum absolute atomic E-state index is 0.00233. The Labute approximate surface area is 131 Å². The number of H-pyrrole nitrogens is 1. The normalized spacial score (nSPS) is 23.1. The van der Waals surface area contributed by atoms with Gasteiger partial charge in [-0.1, -0.05) is 12.1 Å². The second-order valence-corrected chi connectivity index (χ2v) is 5.99. The Balaban J connectivity index is 1.69. The number of likely N-dealkylation sites (N-methyl/N-ethyl adjacent to an activating group) is 1. The summed E-state index contributed by atoms with van der Waals surface area (Å²) in [6.45, 7) is 0.191. The van der Waals surface area contributed by atoms with Crippen LogP contribution < -0.4 is 5.32 Å². The van der Waals surface area contributed by atoms with Gasteiger partial charge in [0.15, 0.2) is 0 Å². The fraction of sp³-hybridized carbons (Fsp3) is 0.438. The van der Waals surface area contributed by atoms with Crippen molar-refractivity contribution in [3.63, 3.8) is 0 Å². The highest BCUT2D eigenvalue weighted by Gasteiger charge is 2.44. The molecule has 1 fully saturated rings. The monoisotopic (exact) mass is 325 g/mol. The van der Waals surface area contributed by atoms with Crippen molar-refractivity contribution < 1.29 is 18.0 Å². The van der Waals surface area contributed by atoms with E-state index in [1.165, 1.54) is 11.9 Å². The van der Waals surface area contributed by atoms with Gasteiger partial charge in [0.05, 0.1) is 11.1 Å². The van der Waals surface area contributed by atoms with Crippen LogP contribution >= 0.6 is 0 Å². The van der Waals surface area contributed by atoms with Crippen molar-refractivity contribution in [1.29, 1.82) is 0 Å². The fourth-order valence-electron chi connectivity index (χ4n) is 3.21. The van der Waals surface area contributed by atoms with Gasteiger partial charge in [-0.15, -0.1) is 0 Å². The molecule has 2 unspecified atom stereocenters. The summed E-state index contributed by atoms with van der Waals surface area (Å²) in [6.07, 6.45) is -2.15. The first-order valence-corrected chi connectivity index (χ1v) is 7.50. The van der Waals surface area contributed by atoms with E-state index in [0.717, 1.165) is 10.9 Å². The van der Waals surface area contributed by atoms with Crippen molar-refractivity contribution in [2.24, 2.45) is 0 Å². The summed E-state index contributed by atoms with van der Waals surface area (Å²) >= 11 is 0. The molecule has 0 radical (unpaired) electrons. The van der Waals surface area contributed by atoms with Gasteiger partial charge >= 0.3 is 6.18 Å². The zero-order chi connectivity index (χ0) is 16.6. The molecule has 2 aromatic rings. The predicted octanol–water partition coefficient (Wildman–Crippen LogP) is 2.92. The second kappa shape index (κ2) is 5.88. The summed E-state index contributed by atoms with van der Waals surface area (Å²) in [5.74, 6) is -0.262. The van der Waals surface area contributed by atoms with E-state index >= 15 is 0 Å². The number of aromatic amines is 1. The van der Waals surface area contributed by atoms with Gasteiger partial charge in [-0.3, -0.25) is 9.69 Å². The molecule has 0 saturated carbocycles. The standard InChI is InChI=1S/C16H18F3N3O/c1-22-9-11(5-6-13(22)16(17,18)19)21-15(23)12-4-2-3-10-7-8-20-14(10)12/h2-4,7-8,11,13,20H,5-6,9H2,1H3,(H,21,23). The third-order valence-electron chi connectivity index (χ3n) is 4.37. The molecule has 2 N–H and O–H groups in total. The lowest BCUT2D eigenvalue weighted by Gasteiger charge is -2.38. The first-order chi connectivity index (χ1) is 10.9. The number of para-hydroxylation sites is 1. The Morgan fingerprint density at radius 2 is 2.09 bits per heavy atom. The van der Waals surface area contributed by atoms with Crippen molar-refractivity contribution in [1.82, 2.24) is 15.2 Å². The van der Waals surface area contributed by atoms with Crippen LogP contribution in [0.15, 0.2) is 30.5 Å². The molecule has 0 aliphatic carbocycles. The minimum Gasteiger partial charge on any atom is -0.361 e. The lowest BCUT2D eigenvalue weighted by atomic mass is 9.98. The summed E-state index contributed by atoms with van der Waals surface area (Å²) in [6, 6.07) is 5.55. The van der Waals surface area contributed by atoms with E-state index < -0.39 is 12.2 Å². The lowest BCUT2D eigenvalue weighted by Crippen LogP contribution is -2.54. The fourth-order valence-corrected chi connectivity index (χ4v) is 3.21. The number of amides is 1. The zero-order valence-corrected chi connectivity index (χ0v) is 12.7. The number of halogens is 3. The van der Waals surface area contributed by atoms with Crippen molar-refractivity contribution >= 4 is 16.8 Å². The van der Waals surface area contributed by atoms with E-state index in [1.54, 1.807) is 18.3 Å². The molecule has 1 aliphatic heterocycles. The van der Waals surface area contributed by atoms with E-state index in [2.05, 4.69) is 10.3 Å². The molecule has 2 heterocycles. The number of nitrogens with zero attached hydrogens (tertiary/aromatic N) is 1. The maximum atomic E-state index is 12.9. The molecule has 0 spiro atoms. The van der Waals surface area contributed by atoms with Crippen molar-refractivity contribution in [3.8, 4) is 0 Å². The third-order valence-corrected chi connectivity index (χ3v) is 4.37. The first kappa shape index (κ1) is 15.9. The Morgan fingerprint density at radius 3 is 2.78 bits per heavy atom. The van der Waals surface area contributed by atoms with Crippen LogP contribution in [0, 0.1) is 0 Å². The number of likely N-dealkylation sites (tertiary alicyclic amines) is 1. The van der Waals surface area contributed by atoms with Crippen LogP contribution in [0.25, 0.3) is 10.9 Å². The summed E-state index contributed by atoms with van der Waals surface area (Å²) in [5, 5.41) is 3.78. The molecule has 0 bridgehead atoms. The summed E-state index contributed by atoms with van der Waals surface area (Å²) in [7, 11) is 1.45. The smallest absolute Gasteiger partial charge is 0.361 e. The van der Waals surface area contributed by atoms with Gasteiger partial charge in [-0.05, 0) is 32.0 Å². The topological polar surface area (TPSA) is 48.1 Å². The molecule has 1 aromatic heterocycles. The molecule has 124 valence electrons. The van der Waals surface area contributed by atoms with Gasteiger partial charge in [0.1, 0.15) is 6.04 Å². The highest BCUT2D eigenvalue weighted by atomic mass is 19.4. The number of nitrogens with one attached hydrogen (secondary N) is 2. The van der Waals surface area contributed by atoms with Gasteiger partial charge < -0.3 is 10.3 Å². The SMILES string of the molecule is CN1CC(NC(=O)c2cccc3cc[nH]c23)CCC1C(F)(F)F. The molecule has 3 rings (SSSR count). The van der Waals surface area contributed by atoms with E-state index in [-0.39, 0.29) is 24.9 Å². The second-order valence-electron chi connectivity index (χ2n) is 5.99. The Kier molecular flexibility index (Phi) is 4.06. The number of hydrogen-bond donors (Lipinski definition) is 2. The molecule has 1 aromatic carbocycles. The average molecular weight is 325 g/mol. The van der Waals surface area contributed by atoms with Crippen LogP contribution in [-0.2, 0) is 0 Å². The van der Waals surface area contributed by atoms with Crippen molar-refractivity contribution in [3.05, 3.63) is 36.0 Å². The van der Waals surface area contributed by atoms with E-state index in [1.807, 2.05) is 12.1 Å². The molecule has 7 heteroatoms. The van der Waals surface area contributed by atoms with Gasteiger partial charge in [-0.2, -0.15) is 13.2 Å².